The molecule has 2 aliphatic carbocycles. The number of fused-ring (bicyclic) bond motifs is 2. The van der Waals surface area contributed by atoms with Crippen molar-refractivity contribution in [1.29, 1.82) is 0 Å². The number of allylic oxidation sites excluding steroid dienone is 4. The molecule has 1 aromatic carbocycles. The minimum Gasteiger partial charge on any atom is -1.00 e. The minimum absolute atomic E-state index is 0. The zero-order valence-corrected chi connectivity index (χ0v) is 18.8. The Labute approximate surface area is 172 Å². The standard InChI is InChI=1S/C11H15.C10H10N.2ClH.Ti/c1-6-5-10-8(3)7(2)9(4)11(6)10;1-7-4-3-5-9-10(7)8(2)6-11-9;;;/h6H,5H2,1-4H3;3-5,11H,1-2H3;2*1H;/q;;;;+2/p-2. The number of aryl methyl sites for hydroxylation is 2. The Morgan fingerprint density at radius 1 is 1.04 bits per heavy atom. The summed E-state index contributed by atoms with van der Waals surface area (Å²) in [6.07, 6.45) is 1.31. The van der Waals surface area contributed by atoms with E-state index in [0.29, 0.717) is 3.72 Å². The summed E-state index contributed by atoms with van der Waals surface area (Å²) >= 11 is -0.271. The van der Waals surface area contributed by atoms with Gasteiger partial charge in [0.2, 0.25) is 0 Å². The van der Waals surface area contributed by atoms with E-state index in [1.165, 1.54) is 28.5 Å². The number of halogens is 2. The van der Waals surface area contributed by atoms with Crippen LogP contribution in [0, 0.1) is 19.8 Å². The largest absolute Gasteiger partial charge is 1.00 e. The second-order valence-corrected chi connectivity index (χ2v) is 9.92. The van der Waals surface area contributed by atoms with Crippen LogP contribution in [0.25, 0.3) is 10.9 Å². The average Bonchev–Trinajstić information content (AvgIpc) is 2.90. The van der Waals surface area contributed by atoms with Crippen LogP contribution in [0.3, 0.4) is 0 Å². The molecule has 1 aromatic heterocycles. The molecule has 1 fully saturated rings. The van der Waals surface area contributed by atoms with E-state index in [-0.39, 0.29) is 44.0 Å². The maximum atomic E-state index is 3.79. The fourth-order valence-electron chi connectivity index (χ4n) is 4.87. The SMILES string of the molecule is CC1=C(C)[C]2([Ti+2][c]3[nH]c4cccc(C)c4c3C)C(=C1C)CC2C.[Cl-].[Cl-]. The molecule has 0 spiro atoms. The van der Waals surface area contributed by atoms with Gasteiger partial charge in [-0.25, -0.2) is 0 Å². The molecule has 2 atom stereocenters. The van der Waals surface area contributed by atoms with Crippen molar-refractivity contribution in [1.82, 2.24) is 4.98 Å². The fraction of sp³-hybridized carbons (Fsp3) is 0.429. The molecule has 0 amide bonds. The maximum Gasteiger partial charge on any atom is -1.00 e. The van der Waals surface area contributed by atoms with Crippen molar-refractivity contribution < 1.29 is 44.0 Å². The molecule has 1 saturated carbocycles. The Morgan fingerprint density at radius 2 is 1.72 bits per heavy atom. The van der Waals surface area contributed by atoms with E-state index >= 15 is 0 Å². The molecule has 0 aliphatic heterocycles. The molecule has 0 saturated heterocycles. The van der Waals surface area contributed by atoms with Gasteiger partial charge in [0, 0.05) is 0 Å². The maximum absolute atomic E-state index is 3.79. The molecule has 1 heterocycles. The Kier molecular flexibility index (Phi) is 5.78. The molecule has 0 bridgehead atoms. The summed E-state index contributed by atoms with van der Waals surface area (Å²) in [5.41, 5.74) is 10.8. The predicted octanol–water partition coefficient (Wildman–Crippen LogP) is -0.634. The van der Waals surface area contributed by atoms with Crippen LogP contribution in [0.15, 0.2) is 40.5 Å². The molecular formula is C21H25Cl2NTi. The Balaban J connectivity index is 0.00000113. The minimum atomic E-state index is -0.271. The summed E-state index contributed by atoms with van der Waals surface area (Å²) in [7, 11) is 0. The molecule has 25 heavy (non-hydrogen) atoms. The zero-order valence-electron chi connectivity index (χ0n) is 15.8. The normalized spacial score (nSPS) is 24.5. The van der Waals surface area contributed by atoms with E-state index in [1.807, 2.05) is 0 Å². The second kappa shape index (κ2) is 6.93. The number of hydrogen-bond donors (Lipinski definition) is 1. The van der Waals surface area contributed by atoms with Crippen molar-refractivity contribution in [2.45, 2.75) is 51.7 Å². The Bertz CT molecular complexity index is 886. The Morgan fingerprint density at radius 3 is 2.28 bits per heavy atom. The average molecular weight is 410 g/mol. The van der Waals surface area contributed by atoms with Gasteiger partial charge in [0.05, 0.1) is 0 Å². The van der Waals surface area contributed by atoms with Crippen LogP contribution in [0.2, 0.25) is 3.72 Å². The number of benzene rings is 1. The van der Waals surface area contributed by atoms with E-state index in [0.717, 1.165) is 5.92 Å². The van der Waals surface area contributed by atoms with Crippen LogP contribution in [-0.4, -0.2) is 4.98 Å². The molecule has 4 heteroatoms. The number of aromatic amines is 1. The molecule has 1 nitrogen and oxygen atoms in total. The molecule has 1 N–H and O–H groups in total. The van der Waals surface area contributed by atoms with Gasteiger partial charge in [-0.15, -0.1) is 0 Å². The number of aromatic nitrogens is 1. The third kappa shape index (κ3) is 2.62. The third-order valence-corrected chi connectivity index (χ3v) is 10.1. The molecule has 132 valence electrons. The van der Waals surface area contributed by atoms with Gasteiger partial charge in [0.25, 0.3) is 0 Å². The third-order valence-electron chi connectivity index (χ3n) is 6.50. The van der Waals surface area contributed by atoms with Gasteiger partial charge in [-0.3, -0.25) is 0 Å². The van der Waals surface area contributed by atoms with Gasteiger partial charge < -0.3 is 24.8 Å². The predicted molar refractivity (Wildman–Crippen MR) is 95.0 cm³/mol. The van der Waals surface area contributed by atoms with E-state index in [2.05, 4.69) is 64.7 Å². The van der Waals surface area contributed by atoms with Crippen LogP contribution in [0.4, 0.5) is 0 Å². The summed E-state index contributed by atoms with van der Waals surface area (Å²) in [6.45, 7) is 14.1. The van der Waals surface area contributed by atoms with Gasteiger partial charge >= 0.3 is 148 Å². The quantitative estimate of drug-likeness (QED) is 0.635. The molecular weight excluding hydrogens is 385 g/mol. The first kappa shape index (κ1) is 20.8. The van der Waals surface area contributed by atoms with Crippen molar-refractivity contribution >= 4 is 14.9 Å². The summed E-state index contributed by atoms with van der Waals surface area (Å²) in [4.78, 5) is 3.79. The number of nitrogens with one attached hydrogen (secondary N) is 1. The van der Waals surface area contributed by atoms with E-state index < -0.39 is 0 Å². The summed E-state index contributed by atoms with van der Waals surface area (Å²) in [5, 5.41) is 1.45. The zero-order chi connectivity index (χ0) is 16.5. The van der Waals surface area contributed by atoms with Gasteiger partial charge in [0.1, 0.15) is 0 Å². The molecule has 2 aromatic rings. The van der Waals surface area contributed by atoms with Crippen molar-refractivity contribution in [2.75, 3.05) is 0 Å². The first-order valence-corrected chi connectivity index (χ1v) is 10.2. The van der Waals surface area contributed by atoms with Gasteiger partial charge in [-0.05, 0) is 0 Å². The monoisotopic (exact) mass is 409 g/mol. The van der Waals surface area contributed by atoms with E-state index in [4.69, 9.17) is 0 Å². The van der Waals surface area contributed by atoms with Crippen LogP contribution in [0.5, 0.6) is 0 Å². The molecule has 2 aliphatic rings. The summed E-state index contributed by atoms with van der Waals surface area (Å²) < 4.78 is 1.97. The fourth-order valence-corrected chi connectivity index (χ4v) is 8.10. The van der Waals surface area contributed by atoms with Crippen LogP contribution >= 0.6 is 0 Å². The first-order chi connectivity index (χ1) is 10.9. The van der Waals surface area contributed by atoms with Gasteiger partial charge in [-0.2, -0.15) is 0 Å². The summed E-state index contributed by atoms with van der Waals surface area (Å²) in [6, 6.07) is 6.64. The van der Waals surface area contributed by atoms with Crippen molar-refractivity contribution in [3.8, 4) is 0 Å². The number of rotatable bonds is 2. The van der Waals surface area contributed by atoms with Crippen LogP contribution in [-0.2, 0) is 19.2 Å². The van der Waals surface area contributed by atoms with Crippen molar-refractivity contribution in [3.05, 3.63) is 51.6 Å². The number of H-pyrrole nitrogens is 1. The van der Waals surface area contributed by atoms with Crippen LogP contribution < -0.4 is 28.8 Å². The second-order valence-electron chi connectivity index (χ2n) is 7.51. The smallest absolute Gasteiger partial charge is 1.00 e. The molecule has 0 radical (unpaired) electrons. The van der Waals surface area contributed by atoms with Crippen molar-refractivity contribution in [2.24, 2.45) is 5.92 Å². The summed E-state index contributed by atoms with van der Waals surface area (Å²) in [5.74, 6) is 0.803. The number of hydrogen-bond acceptors (Lipinski definition) is 0. The topological polar surface area (TPSA) is 15.8 Å². The molecule has 2 unspecified atom stereocenters. The van der Waals surface area contributed by atoms with Gasteiger partial charge in [-0.1, -0.05) is 0 Å². The van der Waals surface area contributed by atoms with Gasteiger partial charge in [0.15, 0.2) is 0 Å². The molecule has 4 rings (SSSR count). The first-order valence-electron chi connectivity index (χ1n) is 8.62. The Hall–Kier alpha value is -0.466. The van der Waals surface area contributed by atoms with E-state index in [9.17, 15) is 0 Å². The van der Waals surface area contributed by atoms with Crippen molar-refractivity contribution in [3.63, 3.8) is 0 Å². The van der Waals surface area contributed by atoms with Crippen LogP contribution in [0.1, 0.15) is 45.2 Å². The van der Waals surface area contributed by atoms with E-state index in [1.54, 1.807) is 26.3 Å².